The van der Waals surface area contributed by atoms with Gasteiger partial charge in [-0.15, -0.1) is 0 Å². The second kappa shape index (κ2) is 11.2. The van der Waals surface area contributed by atoms with E-state index in [0.717, 1.165) is 6.04 Å². The molecule has 1 fully saturated rings. The van der Waals surface area contributed by atoms with Crippen molar-refractivity contribution in [2.75, 3.05) is 6.54 Å². The lowest BCUT2D eigenvalue weighted by molar-refractivity contribution is 0.208. The van der Waals surface area contributed by atoms with E-state index in [-0.39, 0.29) is 0 Å². The minimum atomic E-state index is 0.633. The summed E-state index contributed by atoms with van der Waals surface area (Å²) >= 11 is 0. The van der Waals surface area contributed by atoms with Crippen LogP contribution in [0.15, 0.2) is 11.8 Å². The minimum absolute atomic E-state index is 0.633. The van der Waals surface area contributed by atoms with Gasteiger partial charge in [-0.3, -0.25) is 0 Å². The first kappa shape index (κ1) is 19.8. The van der Waals surface area contributed by atoms with Crippen LogP contribution in [0.25, 0.3) is 0 Å². The Kier molecular flexibility index (Phi) is 9.23. The molecule has 0 amide bonds. The molecular formula is C22H42N2. The Labute approximate surface area is 151 Å². The third-order valence-corrected chi connectivity index (χ3v) is 5.88. The molecule has 2 heteroatoms. The van der Waals surface area contributed by atoms with Crippen molar-refractivity contribution in [3.63, 3.8) is 0 Å². The van der Waals surface area contributed by atoms with E-state index in [4.69, 9.17) is 0 Å². The highest BCUT2D eigenvalue weighted by Crippen LogP contribution is 2.32. The van der Waals surface area contributed by atoms with E-state index < -0.39 is 0 Å². The standard InChI is InChI=1S/C22H42N2/c1-4-6-8-10-12-14-21(15-13-11-9-7-5-2)24-18-19(3)23-20-16-22(24)17-20/h16,19-21,23H,4-15,17-18H2,1-3H3. The van der Waals surface area contributed by atoms with Gasteiger partial charge < -0.3 is 10.2 Å². The summed E-state index contributed by atoms with van der Waals surface area (Å²) in [6.07, 6.45) is 20.7. The van der Waals surface area contributed by atoms with E-state index in [1.54, 1.807) is 5.70 Å². The van der Waals surface area contributed by atoms with Crippen LogP contribution in [0.1, 0.15) is 104 Å². The number of hydrogen-bond donors (Lipinski definition) is 1. The Morgan fingerprint density at radius 3 is 2.04 bits per heavy atom. The Hall–Kier alpha value is -0.500. The quantitative estimate of drug-likeness (QED) is 0.414. The van der Waals surface area contributed by atoms with E-state index in [1.165, 1.54) is 90.0 Å². The number of hydrogen-bond acceptors (Lipinski definition) is 2. The lowest BCUT2D eigenvalue weighted by Gasteiger charge is -2.38. The van der Waals surface area contributed by atoms with Crippen LogP contribution in [-0.2, 0) is 0 Å². The predicted octanol–water partition coefficient (Wildman–Crippen LogP) is 6.03. The highest BCUT2D eigenvalue weighted by molar-refractivity contribution is 5.23. The summed E-state index contributed by atoms with van der Waals surface area (Å²) < 4.78 is 0. The van der Waals surface area contributed by atoms with Gasteiger partial charge in [0.2, 0.25) is 0 Å². The smallest absolute Gasteiger partial charge is 0.0329 e. The average molecular weight is 335 g/mol. The first-order valence-corrected chi connectivity index (χ1v) is 11.0. The Morgan fingerprint density at radius 2 is 1.50 bits per heavy atom. The Balaban J connectivity index is 1.81. The molecule has 2 heterocycles. The van der Waals surface area contributed by atoms with Crippen molar-refractivity contribution in [3.05, 3.63) is 11.8 Å². The summed E-state index contributed by atoms with van der Waals surface area (Å²) in [6, 6.07) is 2.09. The molecule has 2 atom stereocenters. The average Bonchev–Trinajstić information content (AvgIpc) is 2.80. The fraction of sp³-hybridized carbons (Fsp3) is 0.909. The molecule has 2 unspecified atom stereocenters. The van der Waals surface area contributed by atoms with E-state index in [1.807, 2.05) is 0 Å². The molecule has 140 valence electrons. The van der Waals surface area contributed by atoms with Gasteiger partial charge >= 0.3 is 0 Å². The van der Waals surface area contributed by atoms with Crippen LogP contribution in [0, 0.1) is 0 Å². The largest absolute Gasteiger partial charge is 0.370 e. The van der Waals surface area contributed by atoms with Crippen LogP contribution < -0.4 is 5.32 Å². The molecule has 24 heavy (non-hydrogen) atoms. The van der Waals surface area contributed by atoms with E-state index in [0.29, 0.717) is 12.1 Å². The maximum Gasteiger partial charge on any atom is 0.0329 e. The molecule has 1 saturated heterocycles. The Bertz CT molecular complexity index is 349. The molecule has 0 spiro atoms. The monoisotopic (exact) mass is 334 g/mol. The number of rotatable bonds is 13. The van der Waals surface area contributed by atoms with Gasteiger partial charge in [0.1, 0.15) is 0 Å². The van der Waals surface area contributed by atoms with Crippen molar-refractivity contribution < 1.29 is 0 Å². The molecule has 0 aromatic carbocycles. The SMILES string of the molecule is CCCCCCCC(CCCCCCC)N1CC(C)NC2C=C1C2. The third-order valence-electron chi connectivity index (χ3n) is 5.88. The van der Waals surface area contributed by atoms with E-state index >= 15 is 0 Å². The molecule has 3 rings (SSSR count). The normalized spacial score (nSPS) is 23.2. The van der Waals surface area contributed by atoms with E-state index in [2.05, 4.69) is 37.1 Å². The van der Waals surface area contributed by atoms with Crippen molar-refractivity contribution in [2.45, 2.75) is 122 Å². The number of nitrogens with one attached hydrogen (secondary N) is 1. The second-order valence-corrected chi connectivity index (χ2v) is 8.25. The number of fused-ring (bicyclic) bond motifs is 3. The number of unbranched alkanes of at least 4 members (excludes halogenated alkanes) is 8. The molecule has 0 aromatic rings. The van der Waals surface area contributed by atoms with Gasteiger partial charge in [0.05, 0.1) is 0 Å². The van der Waals surface area contributed by atoms with Crippen LogP contribution in [0.4, 0.5) is 0 Å². The lowest BCUT2D eigenvalue weighted by atomic mass is 9.94. The zero-order valence-corrected chi connectivity index (χ0v) is 16.7. The van der Waals surface area contributed by atoms with Crippen molar-refractivity contribution in [1.29, 1.82) is 0 Å². The maximum absolute atomic E-state index is 3.74. The van der Waals surface area contributed by atoms with E-state index in [9.17, 15) is 0 Å². The highest BCUT2D eigenvalue weighted by Gasteiger charge is 2.33. The third kappa shape index (κ3) is 6.43. The van der Waals surface area contributed by atoms with Gasteiger partial charge in [-0.05, 0) is 25.8 Å². The van der Waals surface area contributed by atoms with Gasteiger partial charge in [-0.1, -0.05) is 78.1 Å². The molecule has 1 aliphatic carbocycles. The van der Waals surface area contributed by atoms with Crippen molar-refractivity contribution in [1.82, 2.24) is 10.2 Å². The fourth-order valence-electron chi connectivity index (χ4n) is 4.38. The summed E-state index contributed by atoms with van der Waals surface area (Å²) in [5, 5.41) is 3.74. The second-order valence-electron chi connectivity index (χ2n) is 8.25. The summed E-state index contributed by atoms with van der Waals surface area (Å²) in [5.41, 5.74) is 1.64. The molecule has 2 nitrogen and oxygen atoms in total. The summed E-state index contributed by atoms with van der Waals surface area (Å²) in [5.74, 6) is 0. The van der Waals surface area contributed by atoms with Gasteiger partial charge in [-0.2, -0.15) is 0 Å². The first-order valence-electron chi connectivity index (χ1n) is 11.0. The molecule has 0 radical (unpaired) electrons. The first-order chi connectivity index (χ1) is 11.7. The predicted molar refractivity (Wildman–Crippen MR) is 106 cm³/mol. The van der Waals surface area contributed by atoms with Crippen LogP contribution >= 0.6 is 0 Å². The van der Waals surface area contributed by atoms with Crippen molar-refractivity contribution in [2.24, 2.45) is 0 Å². The lowest BCUT2D eigenvalue weighted by Crippen LogP contribution is -2.39. The Morgan fingerprint density at radius 1 is 0.958 bits per heavy atom. The van der Waals surface area contributed by atoms with Crippen molar-refractivity contribution in [3.8, 4) is 0 Å². The fourth-order valence-corrected chi connectivity index (χ4v) is 4.38. The van der Waals surface area contributed by atoms with Crippen LogP contribution in [0.3, 0.4) is 0 Å². The molecule has 1 N–H and O–H groups in total. The summed E-state index contributed by atoms with van der Waals surface area (Å²) in [7, 11) is 0. The van der Waals surface area contributed by atoms with Crippen LogP contribution in [0.5, 0.6) is 0 Å². The van der Waals surface area contributed by atoms with Gasteiger partial charge in [-0.25, -0.2) is 0 Å². The van der Waals surface area contributed by atoms with Gasteiger partial charge in [0, 0.05) is 36.8 Å². The zero-order chi connectivity index (χ0) is 17.2. The minimum Gasteiger partial charge on any atom is -0.370 e. The molecule has 2 aliphatic heterocycles. The molecular weight excluding hydrogens is 292 g/mol. The van der Waals surface area contributed by atoms with Gasteiger partial charge in [0.25, 0.3) is 0 Å². The highest BCUT2D eigenvalue weighted by atomic mass is 15.2. The topological polar surface area (TPSA) is 15.3 Å². The van der Waals surface area contributed by atoms with Crippen molar-refractivity contribution >= 4 is 0 Å². The molecule has 0 aromatic heterocycles. The zero-order valence-electron chi connectivity index (χ0n) is 16.7. The molecule has 3 aliphatic rings. The maximum atomic E-state index is 3.74. The summed E-state index contributed by atoms with van der Waals surface area (Å²) in [6.45, 7) is 8.20. The molecule has 0 saturated carbocycles. The van der Waals surface area contributed by atoms with Crippen LogP contribution in [-0.4, -0.2) is 29.6 Å². The molecule has 2 bridgehead atoms. The summed E-state index contributed by atoms with van der Waals surface area (Å²) in [4.78, 5) is 2.79. The number of nitrogens with zero attached hydrogens (tertiary/aromatic N) is 1. The van der Waals surface area contributed by atoms with Crippen LogP contribution in [0.2, 0.25) is 0 Å². The van der Waals surface area contributed by atoms with Gasteiger partial charge in [0.15, 0.2) is 0 Å².